The average Bonchev–Trinajstić information content (AvgIpc) is 3.53. The highest BCUT2D eigenvalue weighted by molar-refractivity contribution is 6.04. The fraction of sp³-hybridized carbons (Fsp3) is 0.259. The fourth-order valence-corrected chi connectivity index (χ4v) is 4.54. The Kier molecular flexibility index (Phi) is 6.37. The molecule has 35 heavy (non-hydrogen) atoms. The number of piperazine rings is 1. The zero-order valence-electron chi connectivity index (χ0n) is 19.5. The summed E-state index contributed by atoms with van der Waals surface area (Å²) in [5, 5.41) is 3.65. The Hall–Kier alpha value is -3.91. The first kappa shape index (κ1) is 22.9. The van der Waals surface area contributed by atoms with Gasteiger partial charge in [-0.1, -0.05) is 19.1 Å². The molecule has 4 aromatic rings. The summed E-state index contributed by atoms with van der Waals surface area (Å²) in [7, 11) is 0. The standard InChI is InChI=1S/C27H27FN4O3/c1-2-30-10-12-31(13-11-30)27(34)24-17-20-16-22(29-26(33)25-7-4-14-35-25)8-9-23(20)32(24)18-19-5-3-6-21(28)15-19/h3-9,14-17H,2,10-13,18H2,1H3,(H,29,33). The van der Waals surface area contributed by atoms with E-state index in [2.05, 4.69) is 17.1 Å². The number of halogens is 1. The van der Waals surface area contributed by atoms with Gasteiger partial charge in [0.1, 0.15) is 11.5 Å². The van der Waals surface area contributed by atoms with Gasteiger partial charge >= 0.3 is 0 Å². The molecule has 1 saturated heterocycles. The number of aromatic nitrogens is 1. The zero-order chi connectivity index (χ0) is 24.4. The highest BCUT2D eigenvalue weighted by Gasteiger charge is 2.25. The summed E-state index contributed by atoms with van der Waals surface area (Å²) in [5.41, 5.74) is 2.74. The van der Waals surface area contributed by atoms with Crippen molar-refractivity contribution in [3.63, 3.8) is 0 Å². The van der Waals surface area contributed by atoms with Crippen LogP contribution in [0, 0.1) is 5.82 Å². The van der Waals surface area contributed by atoms with E-state index < -0.39 is 0 Å². The second-order valence-corrected chi connectivity index (χ2v) is 8.68. The number of carbonyl (C=O) groups is 2. The number of nitrogens with zero attached hydrogens (tertiary/aromatic N) is 3. The third-order valence-corrected chi connectivity index (χ3v) is 6.46. The van der Waals surface area contributed by atoms with E-state index in [1.807, 2.05) is 33.7 Å². The second-order valence-electron chi connectivity index (χ2n) is 8.68. The van der Waals surface area contributed by atoms with Crippen molar-refractivity contribution in [3.05, 3.63) is 89.8 Å². The quantitative estimate of drug-likeness (QED) is 0.448. The third-order valence-electron chi connectivity index (χ3n) is 6.46. The van der Waals surface area contributed by atoms with Gasteiger partial charge < -0.3 is 24.1 Å². The predicted octanol–water partition coefficient (Wildman–Crippen LogP) is 4.45. The summed E-state index contributed by atoms with van der Waals surface area (Å²) in [6, 6.07) is 17.0. The van der Waals surface area contributed by atoms with Crippen LogP contribution in [0.4, 0.5) is 10.1 Å². The van der Waals surface area contributed by atoms with E-state index in [1.165, 1.54) is 18.4 Å². The molecule has 1 aliphatic rings. The molecule has 2 aromatic carbocycles. The summed E-state index contributed by atoms with van der Waals surface area (Å²) in [5.74, 6) is -0.491. The molecule has 1 aliphatic heterocycles. The Balaban J connectivity index is 1.49. The number of carbonyl (C=O) groups excluding carboxylic acids is 2. The number of nitrogens with one attached hydrogen (secondary N) is 1. The number of rotatable bonds is 6. The summed E-state index contributed by atoms with van der Waals surface area (Å²) in [6.45, 7) is 6.46. The van der Waals surface area contributed by atoms with Gasteiger partial charge in [-0.25, -0.2) is 4.39 Å². The first-order valence-electron chi connectivity index (χ1n) is 11.8. The first-order chi connectivity index (χ1) is 17.0. The summed E-state index contributed by atoms with van der Waals surface area (Å²) in [6.07, 6.45) is 1.45. The first-order valence-corrected chi connectivity index (χ1v) is 11.8. The highest BCUT2D eigenvalue weighted by atomic mass is 19.1. The van der Waals surface area contributed by atoms with Crippen molar-refractivity contribution in [2.24, 2.45) is 0 Å². The Labute approximate surface area is 202 Å². The molecule has 0 unspecified atom stereocenters. The van der Waals surface area contributed by atoms with Gasteiger partial charge in [-0.15, -0.1) is 0 Å². The second kappa shape index (κ2) is 9.76. The maximum atomic E-state index is 13.9. The van der Waals surface area contributed by atoms with Gasteiger partial charge in [-0.2, -0.15) is 0 Å². The molecule has 8 heteroatoms. The van der Waals surface area contributed by atoms with Crippen LogP contribution in [0.3, 0.4) is 0 Å². The Morgan fingerprint density at radius 3 is 2.54 bits per heavy atom. The molecule has 0 aliphatic carbocycles. The molecule has 1 N–H and O–H groups in total. The van der Waals surface area contributed by atoms with Crippen molar-refractivity contribution in [1.29, 1.82) is 0 Å². The number of amides is 2. The normalized spacial score (nSPS) is 14.4. The maximum Gasteiger partial charge on any atom is 0.291 e. The summed E-state index contributed by atoms with van der Waals surface area (Å²) >= 11 is 0. The van der Waals surface area contributed by atoms with E-state index in [1.54, 1.807) is 24.3 Å². The van der Waals surface area contributed by atoms with Crippen molar-refractivity contribution >= 4 is 28.4 Å². The largest absolute Gasteiger partial charge is 0.459 e. The van der Waals surface area contributed by atoms with Crippen molar-refractivity contribution in [3.8, 4) is 0 Å². The van der Waals surface area contributed by atoms with E-state index in [0.717, 1.165) is 36.1 Å². The molecule has 0 atom stereocenters. The Morgan fingerprint density at radius 2 is 1.83 bits per heavy atom. The number of hydrogen-bond donors (Lipinski definition) is 1. The zero-order valence-corrected chi connectivity index (χ0v) is 19.5. The molecule has 7 nitrogen and oxygen atoms in total. The van der Waals surface area contributed by atoms with Crippen molar-refractivity contribution in [1.82, 2.24) is 14.4 Å². The number of hydrogen-bond acceptors (Lipinski definition) is 4. The number of fused-ring (bicyclic) bond motifs is 1. The summed E-state index contributed by atoms with van der Waals surface area (Å²) < 4.78 is 21.0. The minimum Gasteiger partial charge on any atom is -0.459 e. The average molecular weight is 475 g/mol. The lowest BCUT2D eigenvalue weighted by Gasteiger charge is -2.34. The molecule has 180 valence electrons. The lowest BCUT2D eigenvalue weighted by atomic mass is 10.2. The van der Waals surface area contributed by atoms with Gasteiger partial charge in [0.25, 0.3) is 11.8 Å². The monoisotopic (exact) mass is 474 g/mol. The van der Waals surface area contributed by atoms with Gasteiger partial charge in [0.2, 0.25) is 0 Å². The van der Waals surface area contributed by atoms with Gasteiger partial charge in [-0.05, 0) is 60.6 Å². The fourth-order valence-electron chi connectivity index (χ4n) is 4.54. The Morgan fingerprint density at radius 1 is 1.00 bits per heavy atom. The molecule has 5 rings (SSSR count). The highest BCUT2D eigenvalue weighted by Crippen LogP contribution is 2.26. The molecule has 2 aromatic heterocycles. The van der Waals surface area contributed by atoms with Crippen LogP contribution in [-0.4, -0.2) is 58.9 Å². The molecule has 2 amide bonds. The molecule has 0 saturated carbocycles. The van der Waals surface area contributed by atoms with E-state index in [-0.39, 0.29) is 23.4 Å². The van der Waals surface area contributed by atoms with E-state index in [4.69, 9.17) is 4.42 Å². The van der Waals surface area contributed by atoms with Crippen LogP contribution in [0.5, 0.6) is 0 Å². The van der Waals surface area contributed by atoms with Crippen LogP contribution in [0.1, 0.15) is 33.5 Å². The van der Waals surface area contributed by atoms with Gasteiger partial charge in [0, 0.05) is 49.3 Å². The van der Waals surface area contributed by atoms with Crippen LogP contribution in [0.15, 0.2) is 71.3 Å². The maximum absolute atomic E-state index is 13.9. The molecule has 0 spiro atoms. The molecule has 1 fully saturated rings. The number of anilines is 1. The lowest BCUT2D eigenvalue weighted by Crippen LogP contribution is -2.48. The molecule has 0 bridgehead atoms. The number of likely N-dealkylation sites (N-methyl/N-ethyl adjacent to an activating group) is 1. The Bertz CT molecular complexity index is 1350. The van der Waals surface area contributed by atoms with Gasteiger partial charge in [0.15, 0.2) is 5.76 Å². The van der Waals surface area contributed by atoms with Crippen LogP contribution >= 0.6 is 0 Å². The van der Waals surface area contributed by atoms with Crippen LogP contribution in [0.25, 0.3) is 10.9 Å². The minimum atomic E-state index is -0.348. The molecular weight excluding hydrogens is 447 g/mol. The van der Waals surface area contributed by atoms with Crippen LogP contribution in [-0.2, 0) is 6.54 Å². The lowest BCUT2D eigenvalue weighted by molar-refractivity contribution is 0.0633. The smallest absolute Gasteiger partial charge is 0.291 e. The predicted molar refractivity (Wildman–Crippen MR) is 132 cm³/mol. The van der Waals surface area contributed by atoms with Gasteiger partial charge in [-0.3, -0.25) is 9.59 Å². The third kappa shape index (κ3) is 4.83. The van der Waals surface area contributed by atoms with Gasteiger partial charge in [0.05, 0.1) is 6.26 Å². The van der Waals surface area contributed by atoms with Crippen molar-refractivity contribution in [2.75, 3.05) is 38.0 Å². The van der Waals surface area contributed by atoms with E-state index in [0.29, 0.717) is 31.0 Å². The number of benzene rings is 2. The summed E-state index contributed by atoms with van der Waals surface area (Å²) in [4.78, 5) is 30.2. The van der Waals surface area contributed by atoms with Crippen molar-refractivity contribution in [2.45, 2.75) is 13.5 Å². The molecule has 0 radical (unpaired) electrons. The van der Waals surface area contributed by atoms with Crippen LogP contribution < -0.4 is 5.32 Å². The van der Waals surface area contributed by atoms with E-state index >= 15 is 0 Å². The SMILES string of the molecule is CCN1CCN(C(=O)c2cc3cc(NC(=O)c4ccco4)ccc3n2Cc2cccc(F)c2)CC1. The topological polar surface area (TPSA) is 70.7 Å². The molecular formula is C27H27FN4O3. The van der Waals surface area contributed by atoms with Crippen molar-refractivity contribution < 1.29 is 18.4 Å². The van der Waals surface area contributed by atoms with E-state index in [9.17, 15) is 14.0 Å². The minimum absolute atomic E-state index is 0.0467. The van der Waals surface area contributed by atoms with Crippen LogP contribution in [0.2, 0.25) is 0 Å². The molecule has 3 heterocycles. The number of furan rings is 1.